The van der Waals surface area contributed by atoms with Crippen molar-refractivity contribution in [2.75, 3.05) is 46.3 Å². The van der Waals surface area contributed by atoms with Crippen molar-refractivity contribution in [3.8, 4) is 5.75 Å². The van der Waals surface area contributed by atoms with Gasteiger partial charge in [-0.2, -0.15) is 0 Å². The van der Waals surface area contributed by atoms with Crippen LogP contribution >= 0.6 is 24.0 Å². The minimum atomic E-state index is 0. The van der Waals surface area contributed by atoms with Crippen LogP contribution in [-0.2, 0) is 0 Å². The number of piperidine rings is 1. The lowest BCUT2D eigenvalue weighted by Gasteiger charge is -2.34. The summed E-state index contributed by atoms with van der Waals surface area (Å²) in [7, 11) is 1.87. The maximum atomic E-state index is 6.08. The zero-order valence-corrected chi connectivity index (χ0v) is 18.8. The quantitative estimate of drug-likeness (QED) is 0.356. The van der Waals surface area contributed by atoms with E-state index < -0.39 is 0 Å². The molecular formula is C20H35IN4O. The van der Waals surface area contributed by atoms with Crippen molar-refractivity contribution in [2.24, 2.45) is 4.99 Å². The number of rotatable bonds is 8. The molecule has 1 heterocycles. The monoisotopic (exact) mass is 474 g/mol. The van der Waals surface area contributed by atoms with E-state index in [9.17, 15) is 0 Å². The highest BCUT2D eigenvalue weighted by molar-refractivity contribution is 14.0. The molecule has 0 bridgehead atoms. The van der Waals surface area contributed by atoms with Gasteiger partial charge in [0, 0.05) is 46.1 Å². The molecule has 2 rings (SSSR count). The minimum Gasteiger partial charge on any atom is -0.490 e. The molecule has 1 fully saturated rings. The number of halogens is 1. The number of aliphatic imine (C=N–C) groups is 1. The van der Waals surface area contributed by atoms with Crippen molar-refractivity contribution >= 4 is 29.9 Å². The summed E-state index contributed by atoms with van der Waals surface area (Å²) in [6, 6.07) is 10.1. The summed E-state index contributed by atoms with van der Waals surface area (Å²) in [5.74, 6) is 1.99. The second kappa shape index (κ2) is 13.2. The lowest BCUT2D eigenvalue weighted by molar-refractivity contribution is 0.129. The maximum absolute atomic E-state index is 6.08. The number of hydrogen-bond acceptors (Lipinski definition) is 3. The Hall–Kier alpha value is -1.02. The summed E-state index contributed by atoms with van der Waals surface area (Å²) in [6.45, 7) is 10.7. The summed E-state index contributed by atoms with van der Waals surface area (Å²) in [5, 5.41) is 3.52. The van der Waals surface area contributed by atoms with Crippen LogP contribution in [0, 0.1) is 0 Å². The first-order valence-electron chi connectivity index (χ1n) is 9.66. The molecule has 148 valence electrons. The number of nitrogens with one attached hydrogen (secondary N) is 1. The van der Waals surface area contributed by atoms with E-state index in [2.05, 4.69) is 34.0 Å². The lowest BCUT2D eigenvalue weighted by atomic mass is 10.1. The van der Waals surface area contributed by atoms with Gasteiger partial charge in [-0.05, 0) is 31.6 Å². The Morgan fingerprint density at radius 1 is 1.19 bits per heavy atom. The van der Waals surface area contributed by atoms with E-state index in [0.29, 0.717) is 6.10 Å². The van der Waals surface area contributed by atoms with Gasteiger partial charge in [0.1, 0.15) is 11.9 Å². The van der Waals surface area contributed by atoms with Crippen LogP contribution in [0.25, 0.3) is 0 Å². The predicted molar refractivity (Wildman–Crippen MR) is 121 cm³/mol. The van der Waals surface area contributed by atoms with Gasteiger partial charge in [0.15, 0.2) is 5.96 Å². The third kappa shape index (κ3) is 7.70. The van der Waals surface area contributed by atoms with Crippen LogP contribution in [0.1, 0.15) is 33.1 Å². The summed E-state index contributed by atoms with van der Waals surface area (Å²) < 4.78 is 6.08. The van der Waals surface area contributed by atoms with Gasteiger partial charge in [-0.15, -0.1) is 24.0 Å². The molecule has 0 aliphatic carbocycles. The average Bonchev–Trinajstić information content (AvgIpc) is 2.66. The van der Waals surface area contributed by atoms with E-state index in [4.69, 9.17) is 4.74 Å². The van der Waals surface area contributed by atoms with E-state index in [1.165, 1.54) is 13.0 Å². The van der Waals surface area contributed by atoms with Crippen molar-refractivity contribution in [1.82, 2.24) is 15.1 Å². The number of ether oxygens (including phenoxy) is 1. The normalized spacial score (nSPS) is 15.7. The Labute approximate surface area is 176 Å². The van der Waals surface area contributed by atoms with Crippen molar-refractivity contribution in [2.45, 2.75) is 39.2 Å². The van der Waals surface area contributed by atoms with Crippen molar-refractivity contribution in [1.29, 1.82) is 0 Å². The fourth-order valence-corrected chi connectivity index (χ4v) is 3.28. The Morgan fingerprint density at radius 2 is 1.88 bits per heavy atom. The highest BCUT2D eigenvalue weighted by atomic mass is 127. The van der Waals surface area contributed by atoms with Crippen LogP contribution < -0.4 is 10.1 Å². The molecule has 1 saturated heterocycles. The largest absolute Gasteiger partial charge is 0.490 e. The first kappa shape index (κ1) is 23.0. The highest BCUT2D eigenvalue weighted by Gasteiger charge is 2.22. The van der Waals surface area contributed by atoms with Gasteiger partial charge in [0.25, 0.3) is 0 Å². The van der Waals surface area contributed by atoms with Gasteiger partial charge in [0.2, 0.25) is 0 Å². The molecule has 1 aliphatic rings. The molecule has 5 nitrogen and oxygen atoms in total. The Bertz CT molecular complexity index is 504. The molecule has 0 atom stereocenters. The highest BCUT2D eigenvalue weighted by Crippen LogP contribution is 2.18. The topological polar surface area (TPSA) is 40.1 Å². The van der Waals surface area contributed by atoms with Gasteiger partial charge in [-0.25, -0.2) is 0 Å². The second-order valence-corrected chi connectivity index (χ2v) is 6.53. The summed E-state index contributed by atoms with van der Waals surface area (Å²) >= 11 is 0. The van der Waals surface area contributed by atoms with E-state index in [-0.39, 0.29) is 24.0 Å². The number of para-hydroxylation sites is 1. The Balaban J connectivity index is 0.00000338. The summed E-state index contributed by atoms with van der Waals surface area (Å²) in [4.78, 5) is 9.28. The van der Waals surface area contributed by atoms with Crippen molar-refractivity contribution in [3.05, 3.63) is 30.3 Å². The molecule has 1 aromatic rings. The van der Waals surface area contributed by atoms with E-state index >= 15 is 0 Å². The molecule has 1 aromatic carbocycles. The maximum Gasteiger partial charge on any atom is 0.193 e. The number of hydrogen-bond donors (Lipinski definition) is 1. The lowest BCUT2D eigenvalue weighted by Crippen LogP contribution is -2.49. The van der Waals surface area contributed by atoms with Gasteiger partial charge in [-0.1, -0.05) is 32.0 Å². The second-order valence-electron chi connectivity index (χ2n) is 6.53. The zero-order valence-electron chi connectivity index (χ0n) is 16.5. The molecule has 1 aliphatic heterocycles. The molecule has 0 spiro atoms. The van der Waals surface area contributed by atoms with Crippen LogP contribution in [0.2, 0.25) is 0 Å². The first-order chi connectivity index (χ1) is 12.3. The van der Waals surface area contributed by atoms with Crippen LogP contribution in [0.5, 0.6) is 5.75 Å². The molecule has 1 N–H and O–H groups in total. The van der Waals surface area contributed by atoms with Gasteiger partial charge >= 0.3 is 0 Å². The Morgan fingerprint density at radius 3 is 2.46 bits per heavy atom. The first-order valence-corrected chi connectivity index (χ1v) is 9.66. The smallest absolute Gasteiger partial charge is 0.193 e. The average molecular weight is 474 g/mol. The van der Waals surface area contributed by atoms with Gasteiger partial charge in [0.05, 0.1) is 0 Å². The third-order valence-electron chi connectivity index (χ3n) is 4.70. The van der Waals surface area contributed by atoms with Crippen LogP contribution in [0.3, 0.4) is 0 Å². The number of nitrogens with zero attached hydrogens (tertiary/aromatic N) is 3. The van der Waals surface area contributed by atoms with Crippen molar-refractivity contribution in [3.63, 3.8) is 0 Å². The molecule has 26 heavy (non-hydrogen) atoms. The van der Waals surface area contributed by atoms with Gasteiger partial charge in [-0.3, -0.25) is 4.99 Å². The fourth-order valence-electron chi connectivity index (χ4n) is 3.28. The standard InChI is InChI=1S/C20H34N4O.HI/c1-4-14-23(5-2)17-13-22-20(21-3)24-15-11-19(12-16-24)25-18-9-7-6-8-10-18;/h6-10,19H,4-5,11-17H2,1-3H3,(H,21,22);1H. The number of guanidine groups is 1. The molecule has 0 radical (unpaired) electrons. The van der Waals surface area contributed by atoms with Gasteiger partial charge < -0.3 is 19.9 Å². The molecule has 0 aromatic heterocycles. The van der Waals surface area contributed by atoms with Crippen LogP contribution in [0.4, 0.5) is 0 Å². The molecule has 6 heteroatoms. The van der Waals surface area contributed by atoms with Crippen LogP contribution in [-0.4, -0.2) is 68.2 Å². The number of likely N-dealkylation sites (tertiary alicyclic amines) is 1. The van der Waals surface area contributed by atoms with Crippen LogP contribution in [0.15, 0.2) is 35.3 Å². The van der Waals surface area contributed by atoms with E-state index in [0.717, 1.165) is 57.3 Å². The van der Waals surface area contributed by atoms with E-state index in [1.807, 2.05) is 37.4 Å². The zero-order chi connectivity index (χ0) is 17.9. The molecule has 0 saturated carbocycles. The molecular weight excluding hydrogens is 439 g/mol. The summed E-state index contributed by atoms with van der Waals surface area (Å²) in [6.07, 6.45) is 3.58. The minimum absolute atomic E-state index is 0. The number of benzene rings is 1. The molecule has 0 amide bonds. The summed E-state index contributed by atoms with van der Waals surface area (Å²) in [5.41, 5.74) is 0. The SMILES string of the molecule is CCCN(CC)CCNC(=NC)N1CCC(Oc2ccccc2)CC1.I. The molecule has 0 unspecified atom stereocenters. The number of likely N-dealkylation sites (N-methyl/N-ethyl adjacent to an activating group) is 1. The Kier molecular flexibility index (Phi) is 11.7. The van der Waals surface area contributed by atoms with Crippen molar-refractivity contribution < 1.29 is 4.74 Å². The predicted octanol–water partition coefficient (Wildman–Crippen LogP) is 3.46. The third-order valence-corrected chi connectivity index (χ3v) is 4.70. The van der Waals surface area contributed by atoms with E-state index in [1.54, 1.807) is 0 Å². The fraction of sp³-hybridized carbons (Fsp3) is 0.650.